The third kappa shape index (κ3) is 2.88. The fourth-order valence-corrected chi connectivity index (χ4v) is 2.26. The topological polar surface area (TPSA) is 58.8 Å². The van der Waals surface area contributed by atoms with E-state index in [9.17, 15) is 4.79 Å². The van der Waals surface area contributed by atoms with Crippen LogP contribution in [0, 0.1) is 5.92 Å². The van der Waals surface area contributed by atoms with Crippen LogP contribution in [0.3, 0.4) is 0 Å². The number of hydrogen-bond acceptors (Lipinski definition) is 4. The van der Waals surface area contributed by atoms with E-state index in [0.29, 0.717) is 18.0 Å². The van der Waals surface area contributed by atoms with Crippen LogP contribution >= 0.6 is 0 Å². The van der Waals surface area contributed by atoms with Gasteiger partial charge in [-0.2, -0.15) is 0 Å². The number of carbonyl (C=O) groups is 1. The van der Waals surface area contributed by atoms with Gasteiger partial charge in [-0.1, -0.05) is 13.8 Å². The Balaban J connectivity index is 2.35. The normalized spacial score (nSPS) is 18.4. The second-order valence-corrected chi connectivity index (χ2v) is 5.80. The summed E-state index contributed by atoms with van der Waals surface area (Å²) in [5.41, 5.74) is 7.27. The molecule has 1 aromatic carbocycles. The van der Waals surface area contributed by atoms with Crippen molar-refractivity contribution >= 4 is 17.3 Å². The maximum atomic E-state index is 12.6. The van der Waals surface area contributed by atoms with Crippen molar-refractivity contribution in [2.75, 3.05) is 37.8 Å². The smallest absolute Gasteiger partial charge is 0.268 e. The molecule has 0 bridgehead atoms. The van der Waals surface area contributed by atoms with Crippen molar-refractivity contribution in [2.45, 2.75) is 20.0 Å². The van der Waals surface area contributed by atoms with Gasteiger partial charge in [0.2, 0.25) is 0 Å². The minimum absolute atomic E-state index is 0.0270. The Hall–Kier alpha value is -1.75. The highest BCUT2D eigenvalue weighted by Crippen LogP contribution is 2.36. The lowest BCUT2D eigenvalue weighted by molar-refractivity contribution is -0.128. The highest BCUT2D eigenvalue weighted by atomic mass is 16.5. The van der Waals surface area contributed by atoms with Crippen molar-refractivity contribution in [1.82, 2.24) is 4.90 Å². The first-order valence-electron chi connectivity index (χ1n) is 6.92. The Morgan fingerprint density at radius 3 is 2.70 bits per heavy atom. The summed E-state index contributed by atoms with van der Waals surface area (Å²) < 4.78 is 5.84. The van der Waals surface area contributed by atoms with Crippen LogP contribution in [-0.2, 0) is 4.79 Å². The zero-order valence-electron chi connectivity index (χ0n) is 12.6. The number of nitrogen functional groups attached to an aromatic ring is 1. The summed E-state index contributed by atoms with van der Waals surface area (Å²) in [6, 6.07) is 5.45. The monoisotopic (exact) mass is 277 g/mol. The van der Waals surface area contributed by atoms with Crippen molar-refractivity contribution in [3.05, 3.63) is 18.2 Å². The zero-order valence-corrected chi connectivity index (χ0v) is 12.6. The van der Waals surface area contributed by atoms with Gasteiger partial charge in [0.15, 0.2) is 6.10 Å². The van der Waals surface area contributed by atoms with Crippen LogP contribution in [0.25, 0.3) is 0 Å². The predicted octanol–water partition coefficient (Wildman–Crippen LogP) is 1.58. The predicted molar refractivity (Wildman–Crippen MR) is 81.0 cm³/mol. The van der Waals surface area contributed by atoms with Crippen molar-refractivity contribution < 1.29 is 9.53 Å². The molecular weight excluding hydrogens is 254 g/mol. The molecule has 0 fully saturated rings. The number of rotatable bonds is 4. The van der Waals surface area contributed by atoms with Crippen molar-refractivity contribution in [2.24, 2.45) is 5.92 Å². The first-order valence-corrected chi connectivity index (χ1v) is 6.92. The third-order valence-corrected chi connectivity index (χ3v) is 3.41. The fourth-order valence-electron chi connectivity index (χ4n) is 2.26. The van der Waals surface area contributed by atoms with Gasteiger partial charge in [-0.25, -0.2) is 0 Å². The molecule has 1 aliphatic rings. The number of nitrogens with zero attached hydrogens (tertiary/aromatic N) is 2. The Morgan fingerprint density at radius 1 is 1.40 bits per heavy atom. The van der Waals surface area contributed by atoms with Gasteiger partial charge in [-0.05, 0) is 32.1 Å². The van der Waals surface area contributed by atoms with E-state index in [2.05, 4.69) is 4.90 Å². The van der Waals surface area contributed by atoms with Crippen LogP contribution in [-0.4, -0.2) is 44.1 Å². The molecule has 1 heterocycles. The third-order valence-electron chi connectivity index (χ3n) is 3.41. The van der Waals surface area contributed by atoms with E-state index < -0.39 is 6.10 Å². The minimum atomic E-state index is -0.438. The molecule has 1 aromatic rings. The number of fused-ring (bicyclic) bond motifs is 1. The lowest BCUT2D eigenvalue weighted by Crippen LogP contribution is -2.50. The van der Waals surface area contributed by atoms with Gasteiger partial charge in [-0.3, -0.25) is 4.79 Å². The number of benzene rings is 1. The van der Waals surface area contributed by atoms with E-state index in [1.807, 2.05) is 38.9 Å². The summed E-state index contributed by atoms with van der Waals surface area (Å²) >= 11 is 0. The molecule has 0 saturated heterocycles. The Bertz CT molecular complexity index is 500. The molecule has 20 heavy (non-hydrogen) atoms. The Kier molecular flexibility index (Phi) is 4.18. The van der Waals surface area contributed by atoms with E-state index in [4.69, 9.17) is 10.5 Å². The summed E-state index contributed by atoms with van der Waals surface area (Å²) in [6.45, 7) is 5.43. The largest absolute Gasteiger partial charge is 0.478 e. The number of anilines is 2. The zero-order chi connectivity index (χ0) is 14.9. The summed E-state index contributed by atoms with van der Waals surface area (Å²) in [4.78, 5) is 16.4. The number of nitrogens with two attached hydrogens (primary N) is 1. The molecule has 1 aliphatic heterocycles. The van der Waals surface area contributed by atoms with Gasteiger partial charge in [0.25, 0.3) is 5.91 Å². The molecular formula is C15H23N3O2. The average molecular weight is 277 g/mol. The molecule has 1 atom stereocenters. The van der Waals surface area contributed by atoms with Gasteiger partial charge >= 0.3 is 0 Å². The van der Waals surface area contributed by atoms with Gasteiger partial charge in [0.1, 0.15) is 5.75 Å². The highest BCUT2D eigenvalue weighted by Gasteiger charge is 2.36. The van der Waals surface area contributed by atoms with Crippen LogP contribution in [0.15, 0.2) is 18.2 Å². The number of likely N-dealkylation sites (N-methyl/N-ethyl adjacent to an activating group) is 1. The van der Waals surface area contributed by atoms with Crippen molar-refractivity contribution in [1.29, 1.82) is 0 Å². The van der Waals surface area contributed by atoms with Gasteiger partial charge in [0.05, 0.1) is 5.69 Å². The van der Waals surface area contributed by atoms with Crippen LogP contribution in [0.4, 0.5) is 11.4 Å². The highest BCUT2D eigenvalue weighted by molar-refractivity contribution is 6.00. The first kappa shape index (κ1) is 14.7. The van der Waals surface area contributed by atoms with E-state index in [1.54, 1.807) is 12.1 Å². The van der Waals surface area contributed by atoms with E-state index in [-0.39, 0.29) is 11.8 Å². The molecule has 110 valence electrons. The molecule has 0 aromatic heterocycles. The van der Waals surface area contributed by atoms with Gasteiger partial charge < -0.3 is 20.3 Å². The molecule has 5 heteroatoms. The SMILES string of the molecule is CC(C)C1Oc2cc(N)ccc2N(CCN(C)C)C1=O. The summed E-state index contributed by atoms with van der Waals surface area (Å²) in [5.74, 6) is 0.847. The number of hydrogen-bond donors (Lipinski definition) is 1. The molecule has 0 aliphatic carbocycles. The Labute approximate surface area is 120 Å². The molecule has 2 N–H and O–H groups in total. The molecule has 2 rings (SSSR count). The summed E-state index contributed by atoms with van der Waals surface area (Å²) in [6.07, 6.45) is -0.438. The molecule has 5 nitrogen and oxygen atoms in total. The minimum Gasteiger partial charge on any atom is -0.478 e. The lowest BCUT2D eigenvalue weighted by atomic mass is 10.0. The van der Waals surface area contributed by atoms with Crippen LogP contribution in [0.2, 0.25) is 0 Å². The first-order chi connectivity index (χ1) is 9.40. The van der Waals surface area contributed by atoms with Gasteiger partial charge in [0, 0.05) is 24.8 Å². The molecule has 1 amide bonds. The van der Waals surface area contributed by atoms with E-state index in [0.717, 1.165) is 12.2 Å². The number of ether oxygens (including phenoxy) is 1. The molecule has 0 radical (unpaired) electrons. The lowest BCUT2D eigenvalue weighted by Gasteiger charge is -2.36. The maximum absolute atomic E-state index is 12.6. The van der Waals surface area contributed by atoms with Crippen LogP contribution in [0.1, 0.15) is 13.8 Å². The van der Waals surface area contributed by atoms with Crippen molar-refractivity contribution in [3.8, 4) is 5.75 Å². The second-order valence-electron chi connectivity index (χ2n) is 5.80. The Morgan fingerprint density at radius 2 is 2.10 bits per heavy atom. The average Bonchev–Trinajstić information content (AvgIpc) is 2.36. The second kappa shape index (κ2) is 5.71. The van der Waals surface area contributed by atoms with Crippen LogP contribution < -0.4 is 15.4 Å². The van der Waals surface area contributed by atoms with Crippen LogP contribution in [0.5, 0.6) is 5.75 Å². The maximum Gasteiger partial charge on any atom is 0.268 e. The summed E-state index contributed by atoms with van der Waals surface area (Å²) in [5, 5.41) is 0. The van der Waals surface area contributed by atoms with E-state index in [1.165, 1.54) is 0 Å². The fraction of sp³-hybridized carbons (Fsp3) is 0.533. The van der Waals surface area contributed by atoms with E-state index >= 15 is 0 Å². The number of amides is 1. The molecule has 0 saturated carbocycles. The number of carbonyl (C=O) groups excluding carboxylic acids is 1. The molecule has 1 unspecified atom stereocenters. The van der Waals surface area contributed by atoms with Crippen molar-refractivity contribution in [3.63, 3.8) is 0 Å². The molecule has 0 spiro atoms. The summed E-state index contributed by atoms with van der Waals surface area (Å²) in [7, 11) is 3.99. The van der Waals surface area contributed by atoms with Gasteiger partial charge in [-0.15, -0.1) is 0 Å². The quantitative estimate of drug-likeness (QED) is 0.849. The standard InChI is InChI=1S/C15H23N3O2/c1-10(2)14-15(19)18(8-7-17(3)4)12-6-5-11(16)9-13(12)20-14/h5-6,9-10,14H,7-8,16H2,1-4H3.